The molecule has 0 spiro atoms. The average molecular weight is 406 g/mol. The SMILES string of the molecule is O=c1[nH]c2c(cnn2-c2ccccc2)c(O)c1-c1nc(-c2cccc(Cl)c2)no1. The quantitative estimate of drug-likeness (QED) is 0.472. The molecule has 5 aromatic rings. The van der Waals surface area contributed by atoms with Gasteiger partial charge in [-0.2, -0.15) is 10.1 Å². The van der Waals surface area contributed by atoms with Crippen molar-refractivity contribution in [2.24, 2.45) is 0 Å². The molecule has 0 amide bonds. The van der Waals surface area contributed by atoms with Gasteiger partial charge in [0.15, 0.2) is 0 Å². The third-order valence-corrected chi connectivity index (χ3v) is 4.68. The Kier molecular flexibility index (Phi) is 3.92. The molecule has 9 heteroatoms. The third-order valence-electron chi connectivity index (χ3n) is 4.44. The highest BCUT2D eigenvalue weighted by Crippen LogP contribution is 2.32. The highest BCUT2D eigenvalue weighted by atomic mass is 35.5. The molecule has 0 aliphatic carbocycles. The second kappa shape index (κ2) is 6.61. The monoisotopic (exact) mass is 405 g/mol. The minimum atomic E-state index is -0.575. The molecule has 0 fully saturated rings. The van der Waals surface area contributed by atoms with E-state index in [0.717, 1.165) is 5.69 Å². The van der Waals surface area contributed by atoms with Gasteiger partial charge in [0.05, 0.1) is 17.3 Å². The molecule has 5 rings (SSSR count). The van der Waals surface area contributed by atoms with Crippen LogP contribution in [0.4, 0.5) is 0 Å². The lowest BCUT2D eigenvalue weighted by molar-refractivity contribution is 0.426. The van der Waals surface area contributed by atoms with Crippen molar-refractivity contribution in [1.29, 1.82) is 0 Å². The molecule has 0 radical (unpaired) electrons. The maximum atomic E-state index is 12.7. The van der Waals surface area contributed by atoms with Crippen molar-refractivity contribution in [2.45, 2.75) is 0 Å². The molecule has 0 saturated carbocycles. The summed E-state index contributed by atoms with van der Waals surface area (Å²) in [5.41, 5.74) is 1.03. The lowest BCUT2D eigenvalue weighted by atomic mass is 10.2. The first-order chi connectivity index (χ1) is 14.1. The van der Waals surface area contributed by atoms with Crippen LogP contribution in [0.15, 0.2) is 70.1 Å². The number of aromatic nitrogens is 5. The van der Waals surface area contributed by atoms with Crippen molar-refractivity contribution in [2.75, 3.05) is 0 Å². The first-order valence-corrected chi connectivity index (χ1v) is 8.98. The van der Waals surface area contributed by atoms with Crippen LogP contribution >= 0.6 is 11.6 Å². The number of aromatic amines is 1. The minimum absolute atomic E-state index is 0.104. The van der Waals surface area contributed by atoms with Crippen LogP contribution in [-0.4, -0.2) is 30.0 Å². The molecule has 2 aromatic carbocycles. The van der Waals surface area contributed by atoms with E-state index in [2.05, 4.69) is 20.2 Å². The number of H-pyrrole nitrogens is 1. The number of rotatable bonds is 3. The van der Waals surface area contributed by atoms with E-state index in [-0.39, 0.29) is 23.0 Å². The first-order valence-electron chi connectivity index (χ1n) is 8.60. The van der Waals surface area contributed by atoms with Crippen molar-refractivity contribution in [3.8, 4) is 34.3 Å². The summed E-state index contributed by atoms with van der Waals surface area (Å²) in [5.74, 6) is -0.137. The van der Waals surface area contributed by atoms with E-state index in [1.165, 1.54) is 10.9 Å². The van der Waals surface area contributed by atoms with Crippen molar-refractivity contribution >= 4 is 22.6 Å². The van der Waals surface area contributed by atoms with Gasteiger partial charge in [-0.3, -0.25) is 4.79 Å². The van der Waals surface area contributed by atoms with Crippen molar-refractivity contribution in [3.63, 3.8) is 0 Å². The van der Waals surface area contributed by atoms with E-state index in [9.17, 15) is 9.90 Å². The number of para-hydroxylation sites is 1. The highest BCUT2D eigenvalue weighted by Gasteiger charge is 2.22. The second-order valence-electron chi connectivity index (χ2n) is 6.27. The predicted molar refractivity (Wildman–Crippen MR) is 107 cm³/mol. The standard InChI is InChI=1S/C20H12ClN5O3/c21-12-6-4-5-11(9-12)17-23-20(29-25-17)15-16(27)14-10-22-26(18(14)24-19(15)28)13-7-2-1-3-8-13/h1-10H,(H2,24,27,28). The molecule has 0 aliphatic rings. The molecule has 29 heavy (non-hydrogen) atoms. The molecule has 0 saturated heterocycles. The third kappa shape index (κ3) is 2.86. The number of pyridine rings is 1. The highest BCUT2D eigenvalue weighted by molar-refractivity contribution is 6.30. The summed E-state index contributed by atoms with van der Waals surface area (Å²) in [7, 11) is 0. The van der Waals surface area contributed by atoms with Crippen LogP contribution in [-0.2, 0) is 0 Å². The predicted octanol–water partition coefficient (Wildman–Crippen LogP) is 3.79. The van der Waals surface area contributed by atoms with Crippen LogP contribution < -0.4 is 5.56 Å². The van der Waals surface area contributed by atoms with Crippen LogP contribution in [0.5, 0.6) is 5.75 Å². The van der Waals surface area contributed by atoms with E-state index < -0.39 is 5.56 Å². The normalized spacial score (nSPS) is 11.2. The molecule has 8 nitrogen and oxygen atoms in total. The number of nitrogens with one attached hydrogen (secondary N) is 1. The lowest BCUT2D eigenvalue weighted by Crippen LogP contribution is -2.11. The largest absolute Gasteiger partial charge is 0.506 e. The number of hydrogen-bond acceptors (Lipinski definition) is 6. The minimum Gasteiger partial charge on any atom is -0.506 e. The molecule has 0 atom stereocenters. The van der Waals surface area contributed by atoms with Gasteiger partial charge in [-0.25, -0.2) is 4.68 Å². The Hall–Kier alpha value is -3.91. The number of hydrogen-bond donors (Lipinski definition) is 2. The molecule has 3 heterocycles. The Morgan fingerprint density at radius 1 is 1.10 bits per heavy atom. The fraction of sp³-hybridized carbons (Fsp3) is 0. The summed E-state index contributed by atoms with van der Waals surface area (Å²) < 4.78 is 6.77. The van der Waals surface area contributed by atoms with Gasteiger partial charge in [0.2, 0.25) is 5.82 Å². The molecule has 142 valence electrons. The van der Waals surface area contributed by atoms with E-state index in [1.54, 1.807) is 24.3 Å². The van der Waals surface area contributed by atoms with Gasteiger partial charge in [-0.1, -0.05) is 47.1 Å². The summed E-state index contributed by atoms with van der Waals surface area (Å²) in [4.78, 5) is 19.7. The van der Waals surface area contributed by atoms with Crippen LogP contribution in [0, 0.1) is 0 Å². The van der Waals surface area contributed by atoms with Crippen LogP contribution in [0.1, 0.15) is 0 Å². The zero-order valence-electron chi connectivity index (χ0n) is 14.7. The van der Waals surface area contributed by atoms with Crippen molar-refractivity contribution in [3.05, 3.63) is 76.2 Å². The maximum Gasteiger partial charge on any atom is 0.267 e. The Balaban J connectivity index is 1.65. The average Bonchev–Trinajstić information content (AvgIpc) is 3.36. The molecule has 0 unspecified atom stereocenters. The maximum absolute atomic E-state index is 12.7. The lowest BCUT2D eigenvalue weighted by Gasteiger charge is -2.04. The van der Waals surface area contributed by atoms with E-state index in [0.29, 0.717) is 21.6 Å². The first kappa shape index (κ1) is 17.2. The number of nitrogens with zero attached hydrogens (tertiary/aromatic N) is 4. The van der Waals surface area contributed by atoms with E-state index >= 15 is 0 Å². The smallest absolute Gasteiger partial charge is 0.267 e. The summed E-state index contributed by atoms with van der Waals surface area (Å²) in [6.45, 7) is 0. The topological polar surface area (TPSA) is 110 Å². The van der Waals surface area contributed by atoms with Crippen LogP contribution in [0.25, 0.3) is 39.6 Å². The van der Waals surface area contributed by atoms with Crippen molar-refractivity contribution in [1.82, 2.24) is 24.9 Å². The van der Waals surface area contributed by atoms with Gasteiger partial charge in [-0.05, 0) is 24.3 Å². The Morgan fingerprint density at radius 2 is 1.93 bits per heavy atom. The Bertz CT molecular complexity index is 1400. The number of fused-ring (bicyclic) bond motifs is 1. The molecule has 0 aliphatic heterocycles. The number of halogens is 1. The van der Waals surface area contributed by atoms with E-state index in [1.807, 2.05) is 30.3 Å². The summed E-state index contributed by atoms with van der Waals surface area (Å²) in [6, 6.07) is 16.2. The number of benzene rings is 2. The molecular weight excluding hydrogens is 394 g/mol. The fourth-order valence-electron chi connectivity index (χ4n) is 3.09. The van der Waals surface area contributed by atoms with Gasteiger partial charge in [-0.15, -0.1) is 0 Å². The molecular formula is C20H12ClN5O3. The number of aromatic hydroxyl groups is 1. The van der Waals surface area contributed by atoms with E-state index in [4.69, 9.17) is 16.1 Å². The zero-order valence-corrected chi connectivity index (χ0v) is 15.5. The second-order valence-corrected chi connectivity index (χ2v) is 6.70. The fourth-order valence-corrected chi connectivity index (χ4v) is 3.28. The van der Waals surface area contributed by atoms with Gasteiger partial charge < -0.3 is 14.6 Å². The molecule has 0 bridgehead atoms. The summed E-state index contributed by atoms with van der Waals surface area (Å²) in [5, 5.41) is 19.8. The molecule has 2 N–H and O–H groups in total. The van der Waals surface area contributed by atoms with Gasteiger partial charge in [0.1, 0.15) is 17.0 Å². The Morgan fingerprint density at radius 3 is 2.72 bits per heavy atom. The van der Waals surface area contributed by atoms with Gasteiger partial charge in [0, 0.05) is 10.6 Å². The molecule has 3 aromatic heterocycles. The summed E-state index contributed by atoms with van der Waals surface area (Å²) in [6.07, 6.45) is 1.46. The summed E-state index contributed by atoms with van der Waals surface area (Å²) >= 11 is 6.00. The Labute approximate surface area is 168 Å². The van der Waals surface area contributed by atoms with Gasteiger partial charge >= 0.3 is 0 Å². The van der Waals surface area contributed by atoms with Gasteiger partial charge in [0.25, 0.3) is 11.4 Å². The van der Waals surface area contributed by atoms with Crippen LogP contribution in [0.3, 0.4) is 0 Å². The zero-order chi connectivity index (χ0) is 20.0. The van der Waals surface area contributed by atoms with Crippen molar-refractivity contribution < 1.29 is 9.63 Å². The van der Waals surface area contributed by atoms with Crippen LogP contribution in [0.2, 0.25) is 5.02 Å².